The summed E-state index contributed by atoms with van der Waals surface area (Å²) in [6.07, 6.45) is 0.565. The molecule has 0 aromatic heterocycles. The number of hydrogen-bond acceptors (Lipinski definition) is 2. The van der Waals surface area contributed by atoms with E-state index < -0.39 is 17.7 Å². The first kappa shape index (κ1) is 15.5. The lowest BCUT2D eigenvalue weighted by molar-refractivity contribution is -0.120. The predicted octanol–water partition coefficient (Wildman–Crippen LogP) is 4.26. The summed E-state index contributed by atoms with van der Waals surface area (Å²) in [5.74, 6) is -2.02. The lowest BCUT2D eigenvalue weighted by Crippen LogP contribution is -2.48. The molecule has 1 aliphatic heterocycles. The van der Waals surface area contributed by atoms with Crippen molar-refractivity contribution in [3.63, 3.8) is 0 Å². The molecule has 0 aliphatic carbocycles. The summed E-state index contributed by atoms with van der Waals surface area (Å²) in [6, 6.07) is 11.0. The van der Waals surface area contributed by atoms with Crippen molar-refractivity contribution in [3.8, 4) is 0 Å². The Bertz CT molecular complexity index is 733. The molecule has 120 valence electrons. The van der Waals surface area contributed by atoms with Crippen molar-refractivity contribution in [2.45, 2.75) is 32.4 Å². The van der Waals surface area contributed by atoms with E-state index in [2.05, 4.69) is 5.32 Å². The van der Waals surface area contributed by atoms with Gasteiger partial charge in [-0.15, -0.1) is 0 Å². The van der Waals surface area contributed by atoms with Crippen LogP contribution in [0.5, 0.6) is 0 Å². The minimum atomic E-state index is -0.960. The third kappa shape index (κ3) is 2.67. The SMILES string of the molecule is CCC1Nc2cc(F)c(F)cc2N(C(C)c2ccccc2)C1=O. The second kappa shape index (κ2) is 5.99. The van der Waals surface area contributed by atoms with Crippen LogP contribution in [0, 0.1) is 11.6 Å². The molecule has 5 heteroatoms. The fourth-order valence-electron chi connectivity index (χ4n) is 2.94. The van der Waals surface area contributed by atoms with Gasteiger partial charge in [0.2, 0.25) is 5.91 Å². The van der Waals surface area contributed by atoms with Gasteiger partial charge < -0.3 is 10.2 Å². The van der Waals surface area contributed by atoms with Crippen LogP contribution in [0.25, 0.3) is 0 Å². The number of rotatable bonds is 3. The number of nitrogens with one attached hydrogen (secondary N) is 1. The first-order valence-electron chi connectivity index (χ1n) is 7.66. The van der Waals surface area contributed by atoms with Crippen molar-refractivity contribution in [2.75, 3.05) is 10.2 Å². The quantitative estimate of drug-likeness (QED) is 0.917. The van der Waals surface area contributed by atoms with Crippen LogP contribution in [0.4, 0.5) is 20.2 Å². The zero-order chi connectivity index (χ0) is 16.6. The van der Waals surface area contributed by atoms with Gasteiger partial charge in [0.1, 0.15) is 6.04 Å². The molecule has 3 nitrogen and oxygen atoms in total. The van der Waals surface area contributed by atoms with Gasteiger partial charge in [-0.1, -0.05) is 37.3 Å². The number of benzene rings is 2. The lowest BCUT2D eigenvalue weighted by Gasteiger charge is -2.39. The van der Waals surface area contributed by atoms with E-state index in [9.17, 15) is 13.6 Å². The number of carbonyl (C=O) groups excluding carboxylic acids is 1. The zero-order valence-electron chi connectivity index (χ0n) is 13.0. The molecule has 2 atom stereocenters. The normalized spacial score (nSPS) is 18.3. The summed E-state index contributed by atoms with van der Waals surface area (Å²) in [5.41, 5.74) is 1.75. The van der Waals surface area contributed by atoms with E-state index in [1.807, 2.05) is 44.2 Å². The van der Waals surface area contributed by atoms with Crippen molar-refractivity contribution in [2.24, 2.45) is 0 Å². The first-order chi connectivity index (χ1) is 11.0. The van der Waals surface area contributed by atoms with Gasteiger partial charge >= 0.3 is 0 Å². The number of amides is 1. The molecule has 0 saturated heterocycles. The van der Waals surface area contributed by atoms with Crippen molar-refractivity contribution in [1.82, 2.24) is 0 Å². The second-order valence-electron chi connectivity index (χ2n) is 5.68. The smallest absolute Gasteiger partial charge is 0.250 e. The summed E-state index contributed by atoms with van der Waals surface area (Å²) < 4.78 is 27.3. The molecule has 1 N–H and O–H groups in total. The summed E-state index contributed by atoms with van der Waals surface area (Å²) >= 11 is 0. The van der Waals surface area contributed by atoms with Gasteiger partial charge in [-0.05, 0) is 18.9 Å². The number of anilines is 2. The number of hydrogen-bond donors (Lipinski definition) is 1. The number of carbonyl (C=O) groups is 1. The molecule has 1 amide bonds. The van der Waals surface area contributed by atoms with Gasteiger partial charge in [0.15, 0.2) is 11.6 Å². The Hall–Kier alpha value is -2.43. The molecule has 2 aromatic rings. The fraction of sp³-hybridized carbons (Fsp3) is 0.278. The van der Waals surface area contributed by atoms with Crippen molar-refractivity contribution >= 4 is 17.3 Å². The van der Waals surface area contributed by atoms with Gasteiger partial charge in [-0.2, -0.15) is 0 Å². The van der Waals surface area contributed by atoms with Gasteiger partial charge in [-0.25, -0.2) is 8.78 Å². The highest BCUT2D eigenvalue weighted by molar-refractivity contribution is 6.05. The van der Waals surface area contributed by atoms with Gasteiger partial charge in [0.05, 0.1) is 17.4 Å². The summed E-state index contributed by atoms with van der Waals surface area (Å²) in [6.45, 7) is 3.77. The molecule has 0 fully saturated rings. The van der Waals surface area contributed by atoms with Gasteiger partial charge in [0, 0.05) is 12.1 Å². The van der Waals surface area contributed by atoms with Crippen LogP contribution in [-0.2, 0) is 4.79 Å². The van der Waals surface area contributed by atoms with Gasteiger partial charge in [0.25, 0.3) is 0 Å². The topological polar surface area (TPSA) is 32.3 Å². The van der Waals surface area contributed by atoms with E-state index in [-0.39, 0.29) is 11.9 Å². The van der Waals surface area contributed by atoms with Crippen LogP contribution in [0.15, 0.2) is 42.5 Å². The maximum Gasteiger partial charge on any atom is 0.250 e. The Kier molecular flexibility index (Phi) is 4.03. The van der Waals surface area contributed by atoms with Crippen LogP contribution in [0.3, 0.4) is 0 Å². The summed E-state index contributed by atoms with van der Waals surface area (Å²) in [7, 11) is 0. The number of fused-ring (bicyclic) bond motifs is 1. The zero-order valence-corrected chi connectivity index (χ0v) is 13.0. The minimum Gasteiger partial charge on any atom is -0.372 e. The van der Waals surface area contributed by atoms with E-state index in [0.29, 0.717) is 17.8 Å². The molecule has 3 rings (SSSR count). The summed E-state index contributed by atoms with van der Waals surface area (Å²) in [4.78, 5) is 14.3. The fourth-order valence-corrected chi connectivity index (χ4v) is 2.94. The molecule has 0 bridgehead atoms. The van der Waals surface area contributed by atoms with E-state index in [1.54, 1.807) is 4.90 Å². The monoisotopic (exact) mass is 316 g/mol. The Balaban J connectivity index is 2.11. The summed E-state index contributed by atoms with van der Waals surface area (Å²) in [5, 5.41) is 3.00. The van der Waals surface area contributed by atoms with E-state index >= 15 is 0 Å². The molecule has 0 spiro atoms. The Morgan fingerprint density at radius 3 is 2.48 bits per heavy atom. The highest BCUT2D eigenvalue weighted by Gasteiger charge is 2.35. The van der Waals surface area contributed by atoms with Crippen LogP contribution < -0.4 is 10.2 Å². The van der Waals surface area contributed by atoms with Crippen LogP contribution in [-0.4, -0.2) is 11.9 Å². The maximum absolute atomic E-state index is 13.7. The molecule has 0 saturated carbocycles. The van der Waals surface area contributed by atoms with E-state index in [0.717, 1.165) is 17.7 Å². The third-order valence-corrected chi connectivity index (χ3v) is 4.24. The molecule has 0 radical (unpaired) electrons. The van der Waals surface area contributed by atoms with E-state index in [1.165, 1.54) is 0 Å². The molecular formula is C18H18F2N2O. The van der Waals surface area contributed by atoms with Crippen molar-refractivity contribution in [1.29, 1.82) is 0 Å². The van der Waals surface area contributed by atoms with Crippen LogP contribution in [0.1, 0.15) is 31.9 Å². The third-order valence-electron chi connectivity index (χ3n) is 4.24. The average molecular weight is 316 g/mol. The standard InChI is InChI=1S/C18H18F2N2O/c1-3-15-18(23)22(11(2)12-7-5-4-6-8-12)17-10-14(20)13(19)9-16(17)21-15/h4-11,15,21H,3H2,1-2H3. The highest BCUT2D eigenvalue weighted by Crippen LogP contribution is 2.39. The Labute approximate surface area is 133 Å². The number of nitrogens with zero attached hydrogens (tertiary/aromatic N) is 1. The number of halogens is 2. The van der Waals surface area contributed by atoms with Crippen LogP contribution in [0.2, 0.25) is 0 Å². The van der Waals surface area contributed by atoms with Crippen LogP contribution >= 0.6 is 0 Å². The maximum atomic E-state index is 13.7. The molecule has 2 unspecified atom stereocenters. The Morgan fingerprint density at radius 2 is 1.83 bits per heavy atom. The molecular weight excluding hydrogens is 298 g/mol. The molecule has 1 heterocycles. The minimum absolute atomic E-state index is 0.137. The highest BCUT2D eigenvalue weighted by atomic mass is 19.2. The molecule has 2 aromatic carbocycles. The molecule has 1 aliphatic rings. The van der Waals surface area contributed by atoms with E-state index in [4.69, 9.17) is 0 Å². The average Bonchev–Trinajstić information content (AvgIpc) is 2.56. The van der Waals surface area contributed by atoms with Crippen molar-refractivity contribution < 1.29 is 13.6 Å². The Morgan fingerprint density at radius 1 is 1.17 bits per heavy atom. The lowest BCUT2D eigenvalue weighted by atomic mass is 10.0. The van der Waals surface area contributed by atoms with Gasteiger partial charge in [-0.3, -0.25) is 4.79 Å². The first-order valence-corrected chi connectivity index (χ1v) is 7.66. The van der Waals surface area contributed by atoms with Crippen molar-refractivity contribution in [3.05, 3.63) is 59.7 Å². The largest absolute Gasteiger partial charge is 0.372 e. The predicted molar refractivity (Wildman–Crippen MR) is 86.4 cm³/mol. The second-order valence-corrected chi connectivity index (χ2v) is 5.68. The molecule has 23 heavy (non-hydrogen) atoms.